The van der Waals surface area contributed by atoms with E-state index in [1.54, 1.807) is 0 Å². The highest BCUT2D eigenvalue weighted by Crippen LogP contribution is 2.23. The molecule has 0 aliphatic carbocycles. The SMILES string of the molecule is CC(=O)OC(C(O)=C[N+]#N)C(OC(C)=O)C(OC(C)=O)C(O)=C[N+]#N. The molecule has 2 unspecified atom stereocenters. The zero-order chi connectivity index (χ0) is 19.6. The Balaban J connectivity index is 6.21. The Bertz CT molecular complexity index is 622. The molecule has 0 spiro atoms. The molecule has 0 rings (SSSR count). The molecule has 12 nitrogen and oxygen atoms in total. The second-order valence-electron chi connectivity index (χ2n) is 4.47. The Labute approximate surface area is 141 Å². The number of carbonyl (C=O) groups excluding carboxylic acids is 3. The minimum Gasteiger partial charge on any atom is -0.503 e. The molecule has 0 aromatic heterocycles. The molecule has 0 saturated carbocycles. The van der Waals surface area contributed by atoms with E-state index >= 15 is 0 Å². The first-order valence-corrected chi connectivity index (χ1v) is 6.62. The summed E-state index contributed by atoms with van der Waals surface area (Å²) in [5.74, 6) is -4.64. The summed E-state index contributed by atoms with van der Waals surface area (Å²) in [6.45, 7) is 2.87. The van der Waals surface area contributed by atoms with Gasteiger partial charge >= 0.3 is 30.3 Å². The van der Waals surface area contributed by atoms with Crippen LogP contribution in [0.2, 0.25) is 0 Å². The number of nitrogens with zero attached hydrogens (tertiary/aromatic N) is 4. The zero-order valence-corrected chi connectivity index (χ0v) is 13.5. The smallest absolute Gasteiger partial charge is 0.391 e. The number of diazo groups is 2. The average Bonchev–Trinajstić information content (AvgIpc) is 2.48. The van der Waals surface area contributed by atoms with Gasteiger partial charge in [0, 0.05) is 20.8 Å². The fourth-order valence-electron chi connectivity index (χ4n) is 1.69. The highest BCUT2D eigenvalue weighted by atomic mass is 16.6. The molecular weight excluding hydrogens is 340 g/mol. The van der Waals surface area contributed by atoms with Crippen molar-refractivity contribution in [3.63, 3.8) is 0 Å². The van der Waals surface area contributed by atoms with Crippen molar-refractivity contribution in [2.75, 3.05) is 0 Å². The molecule has 134 valence electrons. The molecule has 0 saturated heterocycles. The third kappa shape index (κ3) is 7.43. The number of aliphatic hydroxyl groups is 2. The van der Waals surface area contributed by atoms with Crippen LogP contribution in [0.15, 0.2) is 23.9 Å². The van der Waals surface area contributed by atoms with Gasteiger partial charge in [-0.1, -0.05) is 0 Å². The predicted molar refractivity (Wildman–Crippen MR) is 78.3 cm³/mol. The lowest BCUT2D eigenvalue weighted by Crippen LogP contribution is -2.46. The van der Waals surface area contributed by atoms with Crippen molar-refractivity contribution in [1.82, 2.24) is 0 Å². The number of rotatable bonds is 7. The van der Waals surface area contributed by atoms with Gasteiger partial charge in [0.1, 0.15) is 0 Å². The van der Waals surface area contributed by atoms with E-state index in [4.69, 9.17) is 25.0 Å². The molecule has 0 radical (unpaired) electrons. The van der Waals surface area contributed by atoms with Crippen LogP contribution in [0.3, 0.4) is 0 Å². The van der Waals surface area contributed by atoms with E-state index in [2.05, 4.69) is 9.95 Å². The quantitative estimate of drug-likeness (QED) is 0.292. The van der Waals surface area contributed by atoms with Gasteiger partial charge in [0.15, 0.2) is 16.1 Å². The van der Waals surface area contributed by atoms with Crippen molar-refractivity contribution in [3.8, 4) is 0 Å². The Morgan fingerprint density at radius 2 is 1.12 bits per heavy atom. The summed E-state index contributed by atoms with van der Waals surface area (Å²) in [4.78, 5) is 38.9. The summed E-state index contributed by atoms with van der Waals surface area (Å²) in [7, 11) is 0. The van der Waals surface area contributed by atoms with E-state index < -0.39 is 47.7 Å². The predicted octanol–water partition coefficient (Wildman–Crippen LogP) is 1.29. The lowest BCUT2D eigenvalue weighted by Gasteiger charge is -2.29. The van der Waals surface area contributed by atoms with Crippen molar-refractivity contribution in [2.24, 2.45) is 0 Å². The van der Waals surface area contributed by atoms with Gasteiger partial charge in [-0.2, -0.15) is 0 Å². The maximum Gasteiger partial charge on any atom is 0.391 e. The first kappa shape index (κ1) is 21.3. The van der Waals surface area contributed by atoms with Gasteiger partial charge in [0.05, 0.1) is 0 Å². The largest absolute Gasteiger partial charge is 0.503 e. The summed E-state index contributed by atoms with van der Waals surface area (Å²) in [5.41, 5.74) is 0. The van der Waals surface area contributed by atoms with Crippen LogP contribution in [-0.4, -0.2) is 46.4 Å². The van der Waals surface area contributed by atoms with Gasteiger partial charge < -0.3 is 24.4 Å². The van der Waals surface area contributed by atoms with Gasteiger partial charge in [-0.25, -0.2) is 0 Å². The second-order valence-corrected chi connectivity index (χ2v) is 4.47. The molecule has 0 aliphatic rings. The molecule has 2 atom stereocenters. The van der Waals surface area contributed by atoms with Gasteiger partial charge in [0.25, 0.3) is 0 Å². The lowest BCUT2D eigenvalue weighted by atomic mass is 10.0. The van der Waals surface area contributed by atoms with Crippen molar-refractivity contribution < 1.29 is 38.8 Å². The van der Waals surface area contributed by atoms with Crippen molar-refractivity contribution in [2.45, 2.75) is 39.1 Å². The van der Waals surface area contributed by atoms with Crippen LogP contribution < -0.4 is 0 Å². The fraction of sp³-hybridized carbons (Fsp3) is 0.462. The maximum atomic E-state index is 11.3. The second kappa shape index (κ2) is 10.2. The van der Waals surface area contributed by atoms with E-state index in [1.807, 2.05) is 0 Å². The molecule has 0 bridgehead atoms. The minimum absolute atomic E-state index is 0.464. The zero-order valence-electron chi connectivity index (χ0n) is 13.5. The first-order chi connectivity index (χ1) is 11.6. The van der Waals surface area contributed by atoms with Gasteiger partial charge in [-0.05, 0) is 0 Å². The third-order valence-electron chi connectivity index (χ3n) is 2.45. The number of hydrogen-bond donors (Lipinski definition) is 2. The number of esters is 3. The molecule has 0 amide bonds. The molecular formula is C13H16N4O8+2. The van der Waals surface area contributed by atoms with Crippen molar-refractivity contribution in [3.05, 3.63) is 33.9 Å². The Kier molecular flexibility index (Phi) is 8.68. The minimum atomic E-state index is -1.82. The molecule has 0 aromatic rings. The van der Waals surface area contributed by atoms with Crippen LogP contribution in [0.4, 0.5) is 0 Å². The van der Waals surface area contributed by atoms with Gasteiger partial charge in [-0.3, -0.25) is 14.4 Å². The van der Waals surface area contributed by atoms with Crippen LogP contribution in [0.5, 0.6) is 0 Å². The van der Waals surface area contributed by atoms with Crippen molar-refractivity contribution in [1.29, 1.82) is 10.8 Å². The van der Waals surface area contributed by atoms with Gasteiger partial charge in [-0.15, -0.1) is 0 Å². The topological polar surface area (TPSA) is 176 Å². The first-order valence-electron chi connectivity index (χ1n) is 6.62. The van der Waals surface area contributed by atoms with E-state index in [-0.39, 0.29) is 0 Å². The number of hydrogen-bond acceptors (Lipinski definition) is 10. The van der Waals surface area contributed by atoms with Crippen LogP contribution in [-0.2, 0) is 28.6 Å². The van der Waals surface area contributed by atoms with Crippen LogP contribution in [0, 0.1) is 10.8 Å². The highest BCUT2D eigenvalue weighted by Gasteiger charge is 2.44. The molecule has 0 fully saturated rings. The van der Waals surface area contributed by atoms with Crippen molar-refractivity contribution >= 4 is 17.9 Å². The molecule has 2 N–H and O–H groups in total. The fourth-order valence-corrected chi connectivity index (χ4v) is 1.69. The Morgan fingerprint density at radius 3 is 1.36 bits per heavy atom. The van der Waals surface area contributed by atoms with E-state index in [1.165, 1.54) is 0 Å². The summed E-state index contributed by atoms with van der Waals surface area (Å²) in [6, 6.07) is 0. The average molecular weight is 356 g/mol. The lowest BCUT2D eigenvalue weighted by molar-refractivity contribution is -0.180. The van der Waals surface area contributed by atoms with E-state index in [9.17, 15) is 24.6 Å². The van der Waals surface area contributed by atoms with E-state index in [0.29, 0.717) is 12.4 Å². The normalized spacial score (nSPS) is 14.9. The molecule has 0 heterocycles. The Morgan fingerprint density at radius 1 is 0.800 bits per heavy atom. The monoisotopic (exact) mass is 356 g/mol. The third-order valence-corrected chi connectivity index (χ3v) is 2.45. The molecule has 25 heavy (non-hydrogen) atoms. The number of carbonyl (C=O) groups is 3. The number of ether oxygens (including phenoxy) is 3. The summed E-state index contributed by atoms with van der Waals surface area (Å²) >= 11 is 0. The molecule has 0 aliphatic heterocycles. The molecule has 0 aromatic carbocycles. The standard InChI is InChI=1S/C13H14N4O8/c1-6(18)23-11(9(21)4-16-14)13(25-8(3)20)12(24-7(2)19)10(22)5-17-15/h4-5,11-13H,1-3H3/p+2. The van der Waals surface area contributed by atoms with E-state index in [0.717, 1.165) is 20.8 Å². The summed E-state index contributed by atoms with van der Waals surface area (Å²) < 4.78 is 14.5. The van der Waals surface area contributed by atoms with Crippen LogP contribution in [0.1, 0.15) is 20.8 Å². The van der Waals surface area contributed by atoms with Crippen LogP contribution in [0.25, 0.3) is 9.95 Å². The highest BCUT2D eigenvalue weighted by molar-refractivity contribution is 5.68. The Hall–Kier alpha value is -3.67. The summed E-state index contributed by atoms with van der Waals surface area (Å²) in [5, 5.41) is 36.7. The summed E-state index contributed by atoms with van der Waals surface area (Å²) in [6.07, 6.45) is -4.52. The molecule has 12 heteroatoms. The maximum absolute atomic E-state index is 11.3. The van der Waals surface area contributed by atoms with Crippen LogP contribution >= 0.6 is 0 Å². The van der Waals surface area contributed by atoms with Gasteiger partial charge in [0.2, 0.25) is 34.5 Å². The number of aliphatic hydroxyl groups excluding tert-OH is 2.